The minimum Gasteiger partial charge on any atom is -0.456 e. The van der Waals surface area contributed by atoms with Crippen LogP contribution < -0.4 is 0 Å². The zero-order valence-electron chi connectivity index (χ0n) is 12.9. The Morgan fingerprint density at radius 2 is 1.55 bits per heavy atom. The van der Waals surface area contributed by atoms with Gasteiger partial charge in [0.05, 0.1) is 5.56 Å². The molecule has 0 atom stereocenters. The molecule has 20 heavy (non-hydrogen) atoms. The molecule has 0 heterocycles. The van der Waals surface area contributed by atoms with Crippen LogP contribution in [-0.4, -0.2) is 17.7 Å². The first-order valence-electron chi connectivity index (χ1n) is 6.34. The van der Waals surface area contributed by atoms with Crippen LogP contribution in [0.25, 0.3) is 0 Å². The Morgan fingerprint density at radius 1 is 1.05 bits per heavy atom. The van der Waals surface area contributed by atoms with Gasteiger partial charge in [-0.2, -0.15) is 9.59 Å². The summed E-state index contributed by atoms with van der Waals surface area (Å²) >= 11 is 0. The molecule has 0 spiro atoms. The van der Waals surface area contributed by atoms with Gasteiger partial charge in [0.2, 0.25) is 0 Å². The third-order valence-electron chi connectivity index (χ3n) is 2.36. The summed E-state index contributed by atoms with van der Waals surface area (Å²) in [6.07, 6.45) is 0.250. The fourth-order valence-corrected chi connectivity index (χ4v) is 1.45. The molecule has 0 radical (unpaired) electrons. The van der Waals surface area contributed by atoms with Gasteiger partial charge in [-0.3, -0.25) is 0 Å². The van der Waals surface area contributed by atoms with Gasteiger partial charge in [0.1, 0.15) is 5.60 Å². The molecule has 0 saturated heterocycles. The van der Waals surface area contributed by atoms with Crippen molar-refractivity contribution in [2.24, 2.45) is 0 Å². The van der Waals surface area contributed by atoms with E-state index in [4.69, 9.17) is 14.3 Å². The smallest absolute Gasteiger partial charge is 0.373 e. The minimum atomic E-state index is -0.450. The van der Waals surface area contributed by atoms with E-state index in [2.05, 4.69) is 20.8 Å². The summed E-state index contributed by atoms with van der Waals surface area (Å²) in [4.78, 5) is 28.2. The maximum atomic E-state index is 11.9. The van der Waals surface area contributed by atoms with E-state index in [1.165, 1.54) is 0 Å². The highest BCUT2D eigenvalue weighted by molar-refractivity contribution is 5.89. The first-order chi connectivity index (χ1) is 9.01. The summed E-state index contributed by atoms with van der Waals surface area (Å²) in [6.45, 7) is 12.0. The minimum absolute atomic E-state index is 0.0397. The van der Waals surface area contributed by atoms with Gasteiger partial charge in [0, 0.05) is 0 Å². The van der Waals surface area contributed by atoms with E-state index < -0.39 is 5.60 Å². The second-order valence-electron chi connectivity index (χ2n) is 6.42. The Labute approximate surface area is 120 Å². The summed E-state index contributed by atoms with van der Waals surface area (Å²) in [5.74, 6) is -0.261. The van der Waals surface area contributed by atoms with Crippen molar-refractivity contribution < 1.29 is 19.1 Å². The van der Waals surface area contributed by atoms with E-state index in [0.29, 0.717) is 5.56 Å². The van der Waals surface area contributed by atoms with Crippen LogP contribution in [0.4, 0.5) is 0 Å². The van der Waals surface area contributed by atoms with E-state index in [0.717, 1.165) is 5.56 Å². The molecule has 0 fully saturated rings. The molecule has 0 aromatic heterocycles. The van der Waals surface area contributed by atoms with Crippen LogP contribution in [0.3, 0.4) is 0 Å². The maximum Gasteiger partial charge on any atom is 0.373 e. The fourth-order valence-electron chi connectivity index (χ4n) is 1.45. The highest BCUT2D eigenvalue weighted by Crippen LogP contribution is 2.23. The predicted molar refractivity (Wildman–Crippen MR) is 75.3 cm³/mol. The summed E-state index contributed by atoms with van der Waals surface area (Å²) in [5, 5.41) is 0. The highest BCUT2D eigenvalue weighted by atomic mass is 16.6. The SMILES string of the molecule is CC(C)(C)OC(=O)c1cccc(C(C)(C)C)c1.O=C=O. The molecule has 1 aromatic carbocycles. The molecule has 0 saturated carbocycles. The van der Waals surface area contributed by atoms with E-state index in [9.17, 15) is 4.79 Å². The predicted octanol–water partition coefficient (Wildman–Crippen LogP) is 3.36. The van der Waals surface area contributed by atoms with Crippen molar-refractivity contribution in [3.8, 4) is 0 Å². The van der Waals surface area contributed by atoms with Gasteiger partial charge in [-0.05, 0) is 43.9 Å². The number of carbonyl (C=O) groups is 1. The molecule has 110 valence electrons. The van der Waals surface area contributed by atoms with E-state index in [1.54, 1.807) is 6.07 Å². The molecule has 0 aliphatic carbocycles. The molecule has 0 unspecified atom stereocenters. The number of benzene rings is 1. The monoisotopic (exact) mass is 278 g/mol. The van der Waals surface area contributed by atoms with Crippen LogP contribution >= 0.6 is 0 Å². The fraction of sp³-hybridized carbons (Fsp3) is 0.500. The summed E-state index contributed by atoms with van der Waals surface area (Å²) in [6, 6.07) is 7.64. The largest absolute Gasteiger partial charge is 0.456 e. The Kier molecular flexibility index (Phi) is 6.34. The van der Waals surface area contributed by atoms with E-state index in [-0.39, 0.29) is 17.5 Å². The Balaban J connectivity index is 0.00000110. The molecular formula is C16H22O4. The molecule has 0 N–H and O–H groups in total. The normalized spacial score (nSPS) is 10.9. The highest BCUT2D eigenvalue weighted by Gasteiger charge is 2.20. The standard InChI is InChI=1S/C15H22O2.CO2/c1-14(2,3)12-9-7-8-11(10-12)13(16)17-15(4,5)6;2-1-3/h7-10H,1-6H3;. The van der Waals surface area contributed by atoms with E-state index >= 15 is 0 Å². The third-order valence-corrected chi connectivity index (χ3v) is 2.36. The molecular weight excluding hydrogens is 256 g/mol. The van der Waals surface area contributed by atoms with Crippen LogP contribution in [0.2, 0.25) is 0 Å². The van der Waals surface area contributed by atoms with Crippen molar-refractivity contribution in [2.75, 3.05) is 0 Å². The summed E-state index contributed by atoms with van der Waals surface area (Å²) in [7, 11) is 0. The third kappa shape index (κ3) is 6.86. The summed E-state index contributed by atoms with van der Waals surface area (Å²) in [5.41, 5.74) is 1.35. The Hall–Kier alpha value is -1.93. The van der Waals surface area contributed by atoms with Gasteiger partial charge in [0.25, 0.3) is 0 Å². The van der Waals surface area contributed by atoms with Crippen molar-refractivity contribution >= 4 is 12.1 Å². The number of hydrogen-bond acceptors (Lipinski definition) is 4. The van der Waals surface area contributed by atoms with Crippen molar-refractivity contribution in [3.63, 3.8) is 0 Å². The van der Waals surface area contributed by atoms with Gasteiger partial charge in [-0.15, -0.1) is 0 Å². The van der Waals surface area contributed by atoms with Gasteiger partial charge >= 0.3 is 12.1 Å². The molecule has 0 aliphatic heterocycles. The van der Waals surface area contributed by atoms with Gasteiger partial charge in [-0.1, -0.05) is 32.9 Å². The van der Waals surface area contributed by atoms with Gasteiger partial charge < -0.3 is 4.74 Å². The van der Waals surface area contributed by atoms with Crippen LogP contribution in [0.5, 0.6) is 0 Å². The molecule has 0 amide bonds. The lowest BCUT2D eigenvalue weighted by atomic mass is 9.86. The van der Waals surface area contributed by atoms with Crippen molar-refractivity contribution in [1.82, 2.24) is 0 Å². The quantitative estimate of drug-likeness (QED) is 0.739. The number of ether oxygens (including phenoxy) is 1. The number of hydrogen-bond donors (Lipinski definition) is 0. The lowest BCUT2D eigenvalue weighted by Gasteiger charge is -2.22. The van der Waals surface area contributed by atoms with Crippen LogP contribution in [0, 0.1) is 0 Å². The van der Waals surface area contributed by atoms with Crippen LogP contribution in [0.1, 0.15) is 57.5 Å². The second-order valence-corrected chi connectivity index (χ2v) is 6.42. The second kappa shape index (κ2) is 7.01. The number of esters is 1. The first kappa shape index (κ1) is 18.1. The zero-order valence-corrected chi connectivity index (χ0v) is 12.9. The molecule has 1 aromatic rings. The number of carbonyl (C=O) groups excluding carboxylic acids is 3. The van der Waals surface area contributed by atoms with Gasteiger partial charge in [-0.25, -0.2) is 4.79 Å². The van der Waals surface area contributed by atoms with E-state index in [1.807, 2.05) is 39.0 Å². The summed E-state index contributed by atoms with van der Waals surface area (Å²) < 4.78 is 5.35. The number of rotatable bonds is 1. The first-order valence-corrected chi connectivity index (χ1v) is 6.34. The zero-order chi connectivity index (χ0) is 16.0. The molecule has 0 bridgehead atoms. The Morgan fingerprint density at radius 3 is 1.95 bits per heavy atom. The molecule has 0 aliphatic rings. The molecule has 4 nitrogen and oxygen atoms in total. The van der Waals surface area contributed by atoms with Crippen molar-refractivity contribution in [2.45, 2.75) is 52.6 Å². The molecule has 4 heteroatoms. The average molecular weight is 278 g/mol. The average Bonchev–Trinajstić information content (AvgIpc) is 2.27. The topological polar surface area (TPSA) is 60.4 Å². The lowest BCUT2D eigenvalue weighted by molar-refractivity contribution is -0.191. The molecule has 1 rings (SSSR count). The lowest BCUT2D eigenvalue weighted by Crippen LogP contribution is -2.24. The van der Waals surface area contributed by atoms with Crippen molar-refractivity contribution in [3.05, 3.63) is 35.4 Å². The van der Waals surface area contributed by atoms with Gasteiger partial charge in [0.15, 0.2) is 0 Å². The van der Waals surface area contributed by atoms with Crippen LogP contribution in [-0.2, 0) is 19.7 Å². The van der Waals surface area contributed by atoms with Crippen molar-refractivity contribution in [1.29, 1.82) is 0 Å². The maximum absolute atomic E-state index is 11.9. The Bertz CT molecular complexity index is 484. The van der Waals surface area contributed by atoms with Crippen LogP contribution in [0.15, 0.2) is 24.3 Å².